The second-order valence-corrected chi connectivity index (χ2v) is 4.68. The third kappa shape index (κ3) is 3.56. The number of rotatable bonds is 5. The molecular weight excluding hydrogens is 212 g/mol. The van der Waals surface area contributed by atoms with Crippen LogP contribution in [-0.2, 0) is 11.2 Å². The van der Waals surface area contributed by atoms with Crippen LogP contribution in [0.4, 0.5) is 0 Å². The molecule has 0 aliphatic carbocycles. The molecule has 17 heavy (non-hydrogen) atoms. The number of nitrogens with one attached hydrogen (secondary N) is 2. The minimum absolute atomic E-state index is 0.190. The molecule has 1 aliphatic heterocycles. The van der Waals surface area contributed by atoms with Gasteiger partial charge in [0.1, 0.15) is 0 Å². The zero-order chi connectivity index (χ0) is 12.1. The van der Waals surface area contributed by atoms with Gasteiger partial charge in [-0.25, -0.2) is 0 Å². The summed E-state index contributed by atoms with van der Waals surface area (Å²) in [4.78, 5) is 11.0. The summed E-state index contributed by atoms with van der Waals surface area (Å²) < 4.78 is 0. The van der Waals surface area contributed by atoms with Gasteiger partial charge in [0.15, 0.2) is 0 Å². The van der Waals surface area contributed by atoms with Gasteiger partial charge in [0.2, 0.25) is 5.91 Å². The Labute approximate surface area is 103 Å². The summed E-state index contributed by atoms with van der Waals surface area (Å²) in [6, 6.07) is 8.81. The summed E-state index contributed by atoms with van der Waals surface area (Å²) in [5.74, 6) is 0.190. The molecule has 1 aliphatic rings. The molecule has 3 heteroatoms. The highest BCUT2D eigenvalue weighted by atomic mass is 16.1. The first kappa shape index (κ1) is 12.1. The van der Waals surface area contributed by atoms with Gasteiger partial charge >= 0.3 is 0 Å². The van der Waals surface area contributed by atoms with Crippen molar-refractivity contribution < 1.29 is 4.79 Å². The van der Waals surface area contributed by atoms with Crippen LogP contribution in [-0.4, -0.2) is 25.0 Å². The molecule has 1 amide bonds. The maximum absolute atomic E-state index is 11.0. The average molecular weight is 232 g/mol. The molecule has 0 spiro atoms. The summed E-state index contributed by atoms with van der Waals surface area (Å²) in [7, 11) is 0. The zero-order valence-electron chi connectivity index (χ0n) is 10.3. The standard InChI is InChI=1S/C14H20N2O/c1-11-4-2-3-5-12(11)8-9-15-10-13-6-7-14(17)16-13/h2-5,13,15H,6-10H2,1H3,(H,16,17). The smallest absolute Gasteiger partial charge is 0.220 e. The lowest BCUT2D eigenvalue weighted by Gasteiger charge is -2.11. The molecule has 92 valence electrons. The Balaban J connectivity index is 1.66. The topological polar surface area (TPSA) is 41.1 Å². The van der Waals surface area contributed by atoms with Gasteiger partial charge < -0.3 is 10.6 Å². The van der Waals surface area contributed by atoms with Gasteiger partial charge in [-0.3, -0.25) is 4.79 Å². The lowest BCUT2D eigenvalue weighted by molar-refractivity contribution is -0.119. The van der Waals surface area contributed by atoms with Gasteiger partial charge in [0, 0.05) is 19.0 Å². The highest BCUT2D eigenvalue weighted by Gasteiger charge is 2.19. The Morgan fingerprint density at radius 3 is 2.94 bits per heavy atom. The molecular formula is C14H20N2O. The van der Waals surface area contributed by atoms with Gasteiger partial charge in [-0.05, 0) is 37.4 Å². The molecule has 0 radical (unpaired) electrons. The van der Waals surface area contributed by atoms with Crippen LogP contribution in [0.3, 0.4) is 0 Å². The van der Waals surface area contributed by atoms with Crippen LogP contribution in [0.1, 0.15) is 24.0 Å². The second-order valence-electron chi connectivity index (χ2n) is 4.68. The average Bonchev–Trinajstić information content (AvgIpc) is 2.73. The van der Waals surface area contributed by atoms with E-state index < -0.39 is 0 Å². The molecule has 1 fully saturated rings. The Morgan fingerprint density at radius 2 is 2.24 bits per heavy atom. The monoisotopic (exact) mass is 232 g/mol. The normalized spacial score (nSPS) is 19.4. The lowest BCUT2D eigenvalue weighted by atomic mass is 10.1. The number of aryl methyl sites for hydroxylation is 1. The molecule has 2 rings (SSSR count). The van der Waals surface area contributed by atoms with Crippen molar-refractivity contribution >= 4 is 5.91 Å². The largest absolute Gasteiger partial charge is 0.352 e. The Hall–Kier alpha value is -1.35. The fraction of sp³-hybridized carbons (Fsp3) is 0.500. The SMILES string of the molecule is Cc1ccccc1CCNCC1CCC(=O)N1. The number of hydrogen-bond acceptors (Lipinski definition) is 2. The van der Waals surface area contributed by atoms with E-state index in [1.165, 1.54) is 11.1 Å². The summed E-state index contributed by atoms with van der Waals surface area (Å²) >= 11 is 0. The summed E-state index contributed by atoms with van der Waals surface area (Å²) in [6.07, 6.45) is 2.70. The molecule has 1 saturated heterocycles. The Bertz CT molecular complexity index is 390. The van der Waals surface area contributed by atoms with Gasteiger partial charge in [0.25, 0.3) is 0 Å². The maximum atomic E-state index is 11.0. The maximum Gasteiger partial charge on any atom is 0.220 e. The lowest BCUT2D eigenvalue weighted by Crippen LogP contribution is -2.36. The first-order valence-electron chi connectivity index (χ1n) is 6.30. The molecule has 2 N–H and O–H groups in total. The third-order valence-corrected chi connectivity index (χ3v) is 3.31. The van der Waals surface area contributed by atoms with Crippen molar-refractivity contribution in [1.82, 2.24) is 10.6 Å². The van der Waals surface area contributed by atoms with Crippen molar-refractivity contribution in [2.24, 2.45) is 0 Å². The number of amides is 1. The Kier molecular flexibility index (Phi) is 4.15. The molecule has 0 aromatic heterocycles. The number of carbonyl (C=O) groups excluding carboxylic acids is 1. The second kappa shape index (κ2) is 5.82. The first-order chi connectivity index (χ1) is 8.25. The van der Waals surface area contributed by atoms with E-state index in [9.17, 15) is 4.79 Å². The number of benzene rings is 1. The van der Waals surface area contributed by atoms with Crippen LogP contribution in [0.5, 0.6) is 0 Å². The zero-order valence-corrected chi connectivity index (χ0v) is 10.3. The minimum atomic E-state index is 0.190. The first-order valence-corrected chi connectivity index (χ1v) is 6.30. The van der Waals surface area contributed by atoms with E-state index >= 15 is 0 Å². The summed E-state index contributed by atoms with van der Waals surface area (Å²) in [5, 5.41) is 6.37. The predicted molar refractivity (Wildman–Crippen MR) is 68.9 cm³/mol. The van der Waals surface area contributed by atoms with Crippen LogP contribution in [0.25, 0.3) is 0 Å². The Morgan fingerprint density at radius 1 is 1.41 bits per heavy atom. The molecule has 1 aromatic carbocycles. The van der Waals surface area contributed by atoms with Crippen molar-refractivity contribution in [3.05, 3.63) is 35.4 Å². The summed E-state index contributed by atoms with van der Waals surface area (Å²) in [5.41, 5.74) is 2.75. The third-order valence-electron chi connectivity index (χ3n) is 3.31. The van der Waals surface area contributed by atoms with E-state index in [0.29, 0.717) is 12.5 Å². The van der Waals surface area contributed by atoms with E-state index in [4.69, 9.17) is 0 Å². The molecule has 1 atom stereocenters. The highest BCUT2D eigenvalue weighted by molar-refractivity contribution is 5.78. The fourth-order valence-corrected chi connectivity index (χ4v) is 2.22. The van der Waals surface area contributed by atoms with Gasteiger partial charge in [-0.1, -0.05) is 24.3 Å². The van der Waals surface area contributed by atoms with E-state index in [-0.39, 0.29) is 5.91 Å². The van der Waals surface area contributed by atoms with Crippen LogP contribution < -0.4 is 10.6 Å². The molecule has 0 bridgehead atoms. The summed E-state index contributed by atoms with van der Waals surface area (Å²) in [6.45, 7) is 4.00. The van der Waals surface area contributed by atoms with Gasteiger partial charge in [-0.15, -0.1) is 0 Å². The van der Waals surface area contributed by atoms with Gasteiger partial charge in [-0.2, -0.15) is 0 Å². The van der Waals surface area contributed by atoms with E-state index in [2.05, 4.69) is 41.8 Å². The van der Waals surface area contributed by atoms with E-state index in [1.807, 2.05) is 0 Å². The van der Waals surface area contributed by atoms with Crippen molar-refractivity contribution in [3.8, 4) is 0 Å². The van der Waals surface area contributed by atoms with Gasteiger partial charge in [0.05, 0.1) is 0 Å². The number of carbonyl (C=O) groups is 1. The fourth-order valence-electron chi connectivity index (χ4n) is 2.22. The van der Waals surface area contributed by atoms with Crippen molar-refractivity contribution in [2.45, 2.75) is 32.2 Å². The van der Waals surface area contributed by atoms with Crippen LogP contribution in [0.2, 0.25) is 0 Å². The predicted octanol–water partition coefficient (Wildman–Crippen LogP) is 1.41. The molecule has 3 nitrogen and oxygen atoms in total. The van der Waals surface area contributed by atoms with Crippen LogP contribution in [0, 0.1) is 6.92 Å². The van der Waals surface area contributed by atoms with Crippen molar-refractivity contribution in [1.29, 1.82) is 0 Å². The molecule has 1 aromatic rings. The quantitative estimate of drug-likeness (QED) is 0.754. The highest BCUT2D eigenvalue weighted by Crippen LogP contribution is 2.07. The molecule has 1 unspecified atom stereocenters. The van der Waals surface area contributed by atoms with E-state index in [0.717, 1.165) is 25.9 Å². The number of hydrogen-bond donors (Lipinski definition) is 2. The van der Waals surface area contributed by atoms with E-state index in [1.54, 1.807) is 0 Å². The van der Waals surface area contributed by atoms with Crippen LogP contribution >= 0.6 is 0 Å². The molecule has 1 heterocycles. The molecule has 0 saturated carbocycles. The van der Waals surface area contributed by atoms with Crippen LogP contribution in [0.15, 0.2) is 24.3 Å². The minimum Gasteiger partial charge on any atom is -0.352 e. The van der Waals surface area contributed by atoms with Crippen molar-refractivity contribution in [3.63, 3.8) is 0 Å². The van der Waals surface area contributed by atoms with Crippen molar-refractivity contribution in [2.75, 3.05) is 13.1 Å².